The Morgan fingerprint density at radius 1 is 0.938 bits per heavy atom. The number of hydrogen-bond donors (Lipinski definition) is 0. The van der Waals surface area contributed by atoms with E-state index in [0.717, 1.165) is 5.56 Å². The highest BCUT2D eigenvalue weighted by molar-refractivity contribution is 5.23. The molecule has 0 saturated heterocycles. The Labute approximate surface area is 94.5 Å². The van der Waals surface area contributed by atoms with Crippen molar-refractivity contribution in [1.29, 1.82) is 0 Å². The minimum Gasteiger partial charge on any atom is -0.171 e. The first-order valence-corrected chi connectivity index (χ1v) is 5.43. The highest BCUT2D eigenvalue weighted by atomic mass is 19.4. The molecule has 0 heterocycles. The zero-order chi connectivity index (χ0) is 12.2. The van der Waals surface area contributed by atoms with E-state index < -0.39 is 12.6 Å². The summed E-state index contributed by atoms with van der Waals surface area (Å²) in [6.45, 7) is 3.97. The van der Waals surface area contributed by atoms with Crippen molar-refractivity contribution in [3.8, 4) is 0 Å². The summed E-state index contributed by atoms with van der Waals surface area (Å²) >= 11 is 0. The predicted octanol–water partition coefficient (Wildman–Crippen LogP) is 4.70. The van der Waals surface area contributed by atoms with Gasteiger partial charge in [0.05, 0.1) is 0 Å². The normalized spacial score (nSPS) is 12.8. The standard InChI is InChI=1S/C13H17F3/c1-12(2,9-6-10-13(14,15)16)11-7-4-3-5-8-11/h3-5,7-8H,6,9-10H2,1-2H3. The summed E-state index contributed by atoms with van der Waals surface area (Å²) in [7, 11) is 0. The Bertz CT molecular complexity index is 312. The topological polar surface area (TPSA) is 0 Å². The van der Waals surface area contributed by atoms with Crippen LogP contribution >= 0.6 is 0 Å². The van der Waals surface area contributed by atoms with E-state index >= 15 is 0 Å². The van der Waals surface area contributed by atoms with E-state index in [4.69, 9.17) is 0 Å². The highest BCUT2D eigenvalue weighted by Gasteiger charge is 2.28. The highest BCUT2D eigenvalue weighted by Crippen LogP contribution is 2.31. The lowest BCUT2D eigenvalue weighted by atomic mass is 9.80. The monoisotopic (exact) mass is 230 g/mol. The van der Waals surface area contributed by atoms with Crippen molar-refractivity contribution in [2.45, 2.75) is 44.7 Å². The Hall–Kier alpha value is -0.990. The summed E-state index contributed by atoms with van der Waals surface area (Å²) in [4.78, 5) is 0. The molecule has 0 amide bonds. The zero-order valence-corrected chi connectivity index (χ0v) is 9.64. The maximum absolute atomic E-state index is 12.0. The molecule has 0 unspecified atom stereocenters. The molecule has 1 aromatic carbocycles. The van der Waals surface area contributed by atoms with Crippen LogP contribution in [-0.2, 0) is 5.41 Å². The van der Waals surface area contributed by atoms with Gasteiger partial charge in [0.15, 0.2) is 0 Å². The van der Waals surface area contributed by atoms with Crippen LogP contribution in [0.5, 0.6) is 0 Å². The Morgan fingerprint density at radius 2 is 1.50 bits per heavy atom. The molecule has 90 valence electrons. The molecule has 1 rings (SSSR count). The number of hydrogen-bond acceptors (Lipinski definition) is 0. The van der Waals surface area contributed by atoms with Gasteiger partial charge in [-0.3, -0.25) is 0 Å². The summed E-state index contributed by atoms with van der Waals surface area (Å²) < 4.78 is 36.1. The molecule has 0 aliphatic heterocycles. The van der Waals surface area contributed by atoms with Crippen LogP contribution in [0.4, 0.5) is 13.2 Å². The molecule has 0 aromatic heterocycles. The molecule has 3 heteroatoms. The van der Waals surface area contributed by atoms with Crippen LogP contribution in [0.25, 0.3) is 0 Å². The van der Waals surface area contributed by atoms with Crippen LogP contribution in [0.1, 0.15) is 38.7 Å². The molecule has 0 N–H and O–H groups in total. The van der Waals surface area contributed by atoms with Crippen LogP contribution < -0.4 is 0 Å². The Kier molecular flexibility index (Phi) is 4.00. The lowest BCUT2D eigenvalue weighted by Crippen LogP contribution is -2.18. The fourth-order valence-electron chi connectivity index (χ4n) is 1.76. The minimum atomic E-state index is -4.03. The van der Waals surface area contributed by atoms with Crippen LogP contribution in [-0.4, -0.2) is 6.18 Å². The van der Waals surface area contributed by atoms with Gasteiger partial charge in [0, 0.05) is 6.42 Å². The second-order valence-corrected chi connectivity index (χ2v) is 4.72. The maximum atomic E-state index is 12.0. The van der Waals surface area contributed by atoms with Gasteiger partial charge in [0.25, 0.3) is 0 Å². The average molecular weight is 230 g/mol. The third-order valence-corrected chi connectivity index (χ3v) is 2.82. The molecule has 16 heavy (non-hydrogen) atoms. The van der Waals surface area contributed by atoms with E-state index in [0.29, 0.717) is 6.42 Å². The van der Waals surface area contributed by atoms with Crippen LogP contribution in [0, 0.1) is 0 Å². The van der Waals surface area contributed by atoms with E-state index in [1.807, 2.05) is 44.2 Å². The minimum absolute atomic E-state index is 0.186. The smallest absolute Gasteiger partial charge is 0.171 e. The van der Waals surface area contributed by atoms with Gasteiger partial charge in [-0.1, -0.05) is 44.2 Å². The Morgan fingerprint density at radius 3 is 2.00 bits per heavy atom. The molecule has 0 aliphatic carbocycles. The zero-order valence-electron chi connectivity index (χ0n) is 9.64. The lowest BCUT2D eigenvalue weighted by molar-refractivity contribution is -0.136. The van der Waals surface area contributed by atoms with Crippen molar-refractivity contribution >= 4 is 0 Å². The summed E-state index contributed by atoms with van der Waals surface area (Å²) in [6.07, 6.45) is -3.99. The second-order valence-electron chi connectivity index (χ2n) is 4.72. The summed E-state index contributed by atoms with van der Waals surface area (Å²) in [5.41, 5.74) is 0.907. The van der Waals surface area contributed by atoms with Gasteiger partial charge < -0.3 is 0 Å². The van der Waals surface area contributed by atoms with E-state index in [1.165, 1.54) is 0 Å². The third-order valence-electron chi connectivity index (χ3n) is 2.82. The van der Waals surface area contributed by atoms with Gasteiger partial charge in [-0.25, -0.2) is 0 Å². The van der Waals surface area contributed by atoms with Gasteiger partial charge in [-0.2, -0.15) is 13.2 Å². The summed E-state index contributed by atoms with van der Waals surface area (Å²) in [5, 5.41) is 0. The SMILES string of the molecule is CC(C)(CCCC(F)(F)F)c1ccccc1. The van der Waals surface area contributed by atoms with E-state index in [1.54, 1.807) is 0 Å². The van der Waals surface area contributed by atoms with Crippen molar-refractivity contribution < 1.29 is 13.2 Å². The molecular formula is C13H17F3. The van der Waals surface area contributed by atoms with Gasteiger partial charge >= 0.3 is 6.18 Å². The van der Waals surface area contributed by atoms with Crippen LogP contribution in [0.2, 0.25) is 0 Å². The molecule has 0 radical (unpaired) electrons. The third kappa shape index (κ3) is 4.25. The summed E-state index contributed by atoms with van der Waals surface area (Å²) in [5.74, 6) is 0. The molecule has 0 fully saturated rings. The van der Waals surface area contributed by atoms with Crippen LogP contribution in [0.15, 0.2) is 30.3 Å². The van der Waals surface area contributed by atoms with Crippen LogP contribution in [0.3, 0.4) is 0 Å². The molecular weight excluding hydrogens is 213 g/mol. The van der Waals surface area contributed by atoms with Crippen molar-refractivity contribution in [3.05, 3.63) is 35.9 Å². The fourth-order valence-corrected chi connectivity index (χ4v) is 1.76. The molecule has 0 aliphatic rings. The van der Waals surface area contributed by atoms with E-state index in [9.17, 15) is 13.2 Å². The van der Waals surface area contributed by atoms with E-state index in [-0.39, 0.29) is 11.8 Å². The van der Waals surface area contributed by atoms with E-state index in [2.05, 4.69) is 0 Å². The first-order chi connectivity index (χ1) is 7.31. The first kappa shape index (κ1) is 13.1. The lowest BCUT2D eigenvalue weighted by Gasteiger charge is -2.25. The molecule has 1 aromatic rings. The van der Waals surface area contributed by atoms with Gasteiger partial charge in [0.1, 0.15) is 0 Å². The van der Waals surface area contributed by atoms with Gasteiger partial charge in [-0.15, -0.1) is 0 Å². The molecule has 0 spiro atoms. The van der Waals surface area contributed by atoms with Crippen molar-refractivity contribution in [2.24, 2.45) is 0 Å². The molecule has 0 atom stereocenters. The molecule has 0 bridgehead atoms. The quantitative estimate of drug-likeness (QED) is 0.703. The largest absolute Gasteiger partial charge is 0.389 e. The number of benzene rings is 1. The predicted molar refractivity (Wildman–Crippen MR) is 59.4 cm³/mol. The maximum Gasteiger partial charge on any atom is 0.389 e. The van der Waals surface area contributed by atoms with Crippen molar-refractivity contribution in [2.75, 3.05) is 0 Å². The van der Waals surface area contributed by atoms with Crippen molar-refractivity contribution in [1.82, 2.24) is 0 Å². The number of alkyl halides is 3. The molecule has 0 nitrogen and oxygen atoms in total. The summed E-state index contributed by atoms with van der Waals surface area (Å²) in [6, 6.07) is 9.68. The van der Waals surface area contributed by atoms with Crippen molar-refractivity contribution in [3.63, 3.8) is 0 Å². The van der Waals surface area contributed by atoms with Gasteiger partial charge in [-0.05, 0) is 23.8 Å². The fraction of sp³-hybridized carbons (Fsp3) is 0.538. The molecule has 0 saturated carbocycles. The second kappa shape index (κ2) is 4.89. The number of halogens is 3. The average Bonchev–Trinajstić information content (AvgIpc) is 2.17. The number of rotatable bonds is 4. The first-order valence-electron chi connectivity index (χ1n) is 5.43. The Balaban J connectivity index is 2.53. The van der Waals surface area contributed by atoms with Gasteiger partial charge in [0.2, 0.25) is 0 Å².